The third-order valence-electron chi connectivity index (χ3n) is 3.43. The molecule has 2 atom stereocenters. The van der Waals surface area contributed by atoms with E-state index in [-0.39, 0.29) is 5.92 Å². The number of nitrogens with one attached hydrogen (secondary N) is 1. The molecule has 1 aliphatic rings. The van der Waals surface area contributed by atoms with E-state index in [1.54, 1.807) is 6.07 Å². The molecule has 1 N–H and O–H groups in total. The Morgan fingerprint density at radius 3 is 2.76 bits per heavy atom. The van der Waals surface area contributed by atoms with Crippen LogP contribution in [0.3, 0.4) is 0 Å². The van der Waals surface area contributed by atoms with Crippen molar-refractivity contribution in [3.63, 3.8) is 0 Å². The Kier molecular flexibility index (Phi) is 3.77. The highest BCUT2D eigenvalue weighted by atomic mass is 19.1. The van der Waals surface area contributed by atoms with Crippen LogP contribution in [0.1, 0.15) is 38.2 Å². The smallest absolute Gasteiger partial charge is 0.129 e. The lowest BCUT2D eigenvalue weighted by Gasteiger charge is -2.22. The molecule has 1 aromatic carbocycles. The number of hydrogen-bond acceptors (Lipinski definition) is 1. The van der Waals surface area contributed by atoms with Gasteiger partial charge in [-0.3, -0.25) is 0 Å². The van der Waals surface area contributed by atoms with Crippen LogP contribution in [-0.2, 0) is 0 Å². The zero-order valence-corrected chi connectivity index (χ0v) is 10.3. The van der Waals surface area contributed by atoms with Gasteiger partial charge in [0.05, 0.1) is 0 Å². The molecular formula is C14H19F2N. The van der Waals surface area contributed by atoms with Crippen LogP contribution in [-0.4, -0.2) is 12.6 Å². The highest BCUT2D eigenvalue weighted by molar-refractivity contribution is 5.25. The van der Waals surface area contributed by atoms with Crippen molar-refractivity contribution in [1.29, 1.82) is 0 Å². The van der Waals surface area contributed by atoms with E-state index in [1.807, 2.05) is 0 Å². The molecule has 1 nitrogen and oxygen atoms in total. The standard InChI is InChI=1S/C14H19F2N/c1-9(2)7-14-12(5-6-17-14)11-4-3-10(15)8-13(11)16/h3-4,8-9,12,14,17H,5-7H2,1-2H3. The summed E-state index contributed by atoms with van der Waals surface area (Å²) in [5.74, 6) is -0.153. The van der Waals surface area contributed by atoms with Crippen molar-refractivity contribution in [2.75, 3.05) is 6.54 Å². The maximum absolute atomic E-state index is 13.7. The minimum atomic E-state index is -0.502. The van der Waals surface area contributed by atoms with E-state index in [2.05, 4.69) is 19.2 Å². The molecule has 0 radical (unpaired) electrons. The highest BCUT2D eigenvalue weighted by Gasteiger charge is 2.30. The predicted molar refractivity (Wildman–Crippen MR) is 65.0 cm³/mol. The summed E-state index contributed by atoms with van der Waals surface area (Å²) < 4.78 is 26.6. The van der Waals surface area contributed by atoms with Gasteiger partial charge in [-0.2, -0.15) is 0 Å². The Balaban J connectivity index is 2.20. The SMILES string of the molecule is CC(C)CC1NCCC1c1ccc(F)cc1F. The first-order valence-corrected chi connectivity index (χ1v) is 6.26. The van der Waals surface area contributed by atoms with Crippen molar-refractivity contribution in [2.45, 2.75) is 38.6 Å². The van der Waals surface area contributed by atoms with E-state index < -0.39 is 11.6 Å². The lowest BCUT2D eigenvalue weighted by Crippen LogP contribution is -2.27. The number of rotatable bonds is 3. The summed E-state index contributed by atoms with van der Waals surface area (Å²) in [6, 6.07) is 4.24. The molecule has 1 saturated heterocycles. The molecule has 1 heterocycles. The number of hydrogen-bond donors (Lipinski definition) is 1. The quantitative estimate of drug-likeness (QED) is 0.851. The van der Waals surface area contributed by atoms with Gasteiger partial charge in [0.2, 0.25) is 0 Å². The van der Waals surface area contributed by atoms with Gasteiger partial charge in [-0.1, -0.05) is 19.9 Å². The van der Waals surface area contributed by atoms with Gasteiger partial charge in [0.15, 0.2) is 0 Å². The molecule has 0 aromatic heterocycles. The van der Waals surface area contributed by atoms with Crippen molar-refractivity contribution in [2.24, 2.45) is 5.92 Å². The second-order valence-corrected chi connectivity index (χ2v) is 5.25. The lowest BCUT2D eigenvalue weighted by atomic mass is 9.87. The van der Waals surface area contributed by atoms with E-state index in [4.69, 9.17) is 0 Å². The van der Waals surface area contributed by atoms with Crippen LogP contribution in [0.5, 0.6) is 0 Å². The van der Waals surface area contributed by atoms with Crippen LogP contribution in [0.2, 0.25) is 0 Å². The van der Waals surface area contributed by atoms with Crippen molar-refractivity contribution >= 4 is 0 Å². The summed E-state index contributed by atoms with van der Waals surface area (Å²) in [5, 5.41) is 3.42. The second-order valence-electron chi connectivity index (χ2n) is 5.25. The van der Waals surface area contributed by atoms with Gasteiger partial charge in [-0.25, -0.2) is 8.78 Å². The first-order chi connectivity index (χ1) is 8.08. The van der Waals surface area contributed by atoms with Crippen LogP contribution >= 0.6 is 0 Å². The zero-order chi connectivity index (χ0) is 12.4. The normalized spacial score (nSPS) is 24.5. The summed E-state index contributed by atoms with van der Waals surface area (Å²) in [6.07, 6.45) is 1.96. The first kappa shape index (κ1) is 12.5. The van der Waals surface area contributed by atoms with E-state index >= 15 is 0 Å². The summed E-state index contributed by atoms with van der Waals surface area (Å²) in [7, 11) is 0. The molecule has 94 valence electrons. The van der Waals surface area contributed by atoms with Crippen molar-refractivity contribution in [1.82, 2.24) is 5.32 Å². The van der Waals surface area contributed by atoms with E-state index in [0.717, 1.165) is 25.5 Å². The molecule has 1 aliphatic heterocycles. The molecular weight excluding hydrogens is 220 g/mol. The summed E-state index contributed by atoms with van der Waals surface area (Å²) in [6.45, 7) is 5.25. The van der Waals surface area contributed by atoms with Gasteiger partial charge < -0.3 is 5.32 Å². The van der Waals surface area contributed by atoms with E-state index in [1.165, 1.54) is 6.07 Å². The molecule has 3 heteroatoms. The molecule has 0 spiro atoms. The van der Waals surface area contributed by atoms with Crippen molar-refractivity contribution in [3.8, 4) is 0 Å². The van der Waals surface area contributed by atoms with E-state index in [9.17, 15) is 8.78 Å². The van der Waals surface area contributed by atoms with Crippen molar-refractivity contribution in [3.05, 3.63) is 35.4 Å². The van der Waals surface area contributed by atoms with Crippen LogP contribution in [0.15, 0.2) is 18.2 Å². The summed E-state index contributed by atoms with van der Waals surface area (Å²) >= 11 is 0. The molecule has 0 amide bonds. The molecule has 2 rings (SSSR count). The lowest BCUT2D eigenvalue weighted by molar-refractivity contribution is 0.424. The molecule has 0 saturated carbocycles. The fraction of sp³-hybridized carbons (Fsp3) is 0.571. The third kappa shape index (κ3) is 2.83. The first-order valence-electron chi connectivity index (χ1n) is 6.26. The van der Waals surface area contributed by atoms with Gasteiger partial charge in [-0.15, -0.1) is 0 Å². The third-order valence-corrected chi connectivity index (χ3v) is 3.43. The van der Waals surface area contributed by atoms with Crippen LogP contribution in [0, 0.1) is 17.6 Å². The van der Waals surface area contributed by atoms with Crippen LogP contribution < -0.4 is 5.32 Å². The fourth-order valence-electron chi connectivity index (χ4n) is 2.70. The average Bonchev–Trinajstić information content (AvgIpc) is 2.65. The Morgan fingerprint density at radius 2 is 2.12 bits per heavy atom. The minimum absolute atomic E-state index is 0.179. The molecule has 17 heavy (non-hydrogen) atoms. The van der Waals surface area contributed by atoms with Crippen LogP contribution in [0.25, 0.3) is 0 Å². The fourth-order valence-corrected chi connectivity index (χ4v) is 2.70. The molecule has 1 fully saturated rings. The monoisotopic (exact) mass is 239 g/mol. The molecule has 2 unspecified atom stereocenters. The average molecular weight is 239 g/mol. The Hall–Kier alpha value is -0.960. The topological polar surface area (TPSA) is 12.0 Å². The molecule has 0 aliphatic carbocycles. The summed E-state index contributed by atoms with van der Waals surface area (Å²) in [4.78, 5) is 0. The predicted octanol–water partition coefficient (Wildman–Crippen LogP) is 3.46. The van der Waals surface area contributed by atoms with Gasteiger partial charge >= 0.3 is 0 Å². The van der Waals surface area contributed by atoms with Crippen molar-refractivity contribution < 1.29 is 8.78 Å². The summed E-state index contributed by atoms with van der Waals surface area (Å²) in [5.41, 5.74) is 0.655. The Morgan fingerprint density at radius 1 is 1.35 bits per heavy atom. The van der Waals surface area contributed by atoms with Gasteiger partial charge in [0.25, 0.3) is 0 Å². The molecule has 0 bridgehead atoms. The highest BCUT2D eigenvalue weighted by Crippen LogP contribution is 2.32. The van der Waals surface area contributed by atoms with Gasteiger partial charge in [-0.05, 0) is 36.9 Å². The van der Waals surface area contributed by atoms with Crippen LogP contribution in [0.4, 0.5) is 8.78 Å². The maximum Gasteiger partial charge on any atom is 0.129 e. The van der Waals surface area contributed by atoms with Gasteiger partial charge in [0, 0.05) is 18.0 Å². The number of benzene rings is 1. The minimum Gasteiger partial charge on any atom is -0.313 e. The largest absolute Gasteiger partial charge is 0.313 e. The Bertz CT molecular complexity index is 390. The zero-order valence-electron chi connectivity index (χ0n) is 10.3. The Labute approximate surface area is 101 Å². The van der Waals surface area contributed by atoms with Gasteiger partial charge in [0.1, 0.15) is 11.6 Å². The maximum atomic E-state index is 13.7. The molecule has 1 aromatic rings. The number of halogens is 2. The van der Waals surface area contributed by atoms with E-state index in [0.29, 0.717) is 17.5 Å². The second kappa shape index (κ2) is 5.13.